The lowest BCUT2D eigenvalue weighted by molar-refractivity contribution is 0.691. The number of hydrogen-bond acceptors (Lipinski definition) is 3. The van der Waals surface area contributed by atoms with Gasteiger partial charge < -0.3 is 0 Å². The molecule has 58 heavy (non-hydrogen) atoms. The number of hydrogen-bond donors (Lipinski definition) is 0. The highest BCUT2D eigenvalue weighted by atomic mass is 32.2. The summed E-state index contributed by atoms with van der Waals surface area (Å²) < 4.78 is 2.67. The largest absolute Gasteiger partial charge is 0.253 e. The minimum Gasteiger partial charge on any atom is -0.253 e. The number of rotatable bonds is 6. The molecule has 0 radical (unpaired) electrons. The number of allylic oxidation sites excluding steroid dienone is 4. The van der Waals surface area contributed by atoms with E-state index in [1.807, 2.05) is 23.1 Å². The highest BCUT2D eigenvalue weighted by molar-refractivity contribution is 8.00. The van der Waals surface area contributed by atoms with E-state index in [0.717, 1.165) is 36.2 Å². The van der Waals surface area contributed by atoms with Crippen LogP contribution in [0.15, 0.2) is 204 Å². The van der Waals surface area contributed by atoms with Gasteiger partial charge in [-0.3, -0.25) is 4.99 Å². The van der Waals surface area contributed by atoms with Crippen LogP contribution >= 0.6 is 23.1 Å². The van der Waals surface area contributed by atoms with Crippen LogP contribution in [0.5, 0.6) is 0 Å². The molecule has 3 heteroatoms. The fourth-order valence-electron chi connectivity index (χ4n) is 9.14. The molecule has 0 spiro atoms. The average molecular weight is 780 g/mol. The molecule has 1 aliphatic carbocycles. The number of benzene rings is 7. The zero-order valence-electron chi connectivity index (χ0n) is 32.1. The van der Waals surface area contributed by atoms with Gasteiger partial charge in [-0.1, -0.05) is 164 Å². The van der Waals surface area contributed by atoms with Gasteiger partial charge in [-0.2, -0.15) is 0 Å². The van der Waals surface area contributed by atoms with Gasteiger partial charge >= 0.3 is 0 Å². The zero-order valence-corrected chi connectivity index (χ0v) is 33.7. The summed E-state index contributed by atoms with van der Waals surface area (Å²) in [5.41, 5.74) is 14.9. The van der Waals surface area contributed by atoms with E-state index in [1.165, 1.54) is 75.1 Å². The predicted molar refractivity (Wildman–Crippen MR) is 250 cm³/mol. The van der Waals surface area contributed by atoms with E-state index in [-0.39, 0.29) is 5.92 Å². The lowest BCUT2D eigenvalue weighted by atomic mass is 9.82. The Labute approximate surface area is 348 Å². The van der Waals surface area contributed by atoms with Crippen LogP contribution in [0.1, 0.15) is 58.9 Å². The summed E-state index contributed by atoms with van der Waals surface area (Å²) in [6.45, 7) is 0. The predicted octanol–water partition coefficient (Wildman–Crippen LogP) is 15.4. The van der Waals surface area contributed by atoms with Crippen LogP contribution in [0.4, 0.5) is 0 Å². The van der Waals surface area contributed by atoms with E-state index in [9.17, 15) is 0 Å². The topological polar surface area (TPSA) is 12.4 Å². The molecule has 0 fully saturated rings. The molecule has 8 aromatic rings. The fourth-order valence-corrected chi connectivity index (χ4v) is 11.5. The smallest absolute Gasteiger partial charge is 0.0671 e. The first kappa shape index (κ1) is 35.2. The lowest BCUT2D eigenvalue weighted by Gasteiger charge is -2.24. The fraction of sp³-hybridized carbons (Fsp3) is 0.109. The molecule has 0 saturated carbocycles. The summed E-state index contributed by atoms with van der Waals surface area (Å²) in [5.74, 6) is 0.572. The molecule has 0 amide bonds. The van der Waals surface area contributed by atoms with Crippen molar-refractivity contribution in [3.05, 3.63) is 222 Å². The van der Waals surface area contributed by atoms with Crippen molar-refractivity contribution in [1.82, 2.24) is 0 Å². The van der Waals surface area contributed by atoms with Gasteiger partial charge in [0.05, 0.1) is 5.70 Å². The lowest BCUT2D eigenvalue weighted by Crippen LogP contribution is -2.10. The molecule has 11 rings (SSSR count). The standard InChI is InChI=1S/C55H41NS2/c1-3-12-36(13-4-1)37-22-24-39(25-23-37)51-35-40(16-11-19-50(56-51)38-14-5-2-6-15-38)41-26-29-44(42-27-30-54-48(33-42)45-17-7-9-20-52(45)57-54)47(32-41)43-28-31-55-49(34-43)46-18-8-10-21-53(46)58-55/h1-10,12-15,17-18,20-35,40,49,55H,11,16,19H2/b51-35-,56-50?. The summed E-state index contributed by atoms with van der Waals surface area (Å²) in [5, 5.41) is 3.10. The normalized spacial score (nSPS) is 19.7. The molecule has 0 saturated heterocycles. The third-order valence-electron chi connectivity index (χ3n) is 12.1. The van der Waals surface area contributed by atoms with Gasteiger partial charge in [0.2, 0.25) is 0 Å². The van der Waals surface area contributed by atoms with Gasteiger partial charge in [-0.15, -0.1) is 23.1 Å². The number of fused-ring (bicyclic) bond motifs is 6. The molecule has 0 bridgehead atoms. The van der Waals surface area contributed by atoms with Crippen LogP contribution in [0, 0.1) is 0 Å². The second-order valence-electron chi connectivity index (χ2n) is 15.7. The quantitative estimate of drug-likeness (QED) is 0.164. The first-order valence-electron chi connectivity index (χ1n) is 20.4. The van der Waals surface area contributed by atoms with E-state index in [1.54, 1.807) is 0 Å². The molecule has 1 nitrogen and oxygen atoms in total. The van der Waals surface area contributed by atoms with Crippen molar-refractivity contribution in [2.45, 2.75) is 41.2 Å². The van der Waals surface area contributed by atoms with Crippen LogP contribution in [-0.4, -0.2) is 11.0 Å². The van der Waals surface area contributed by atoms with Gasteiger partial charge in [-0.05, 0) is 105 Å². The number of aliphatic imine (C=N–C) groups is 1. The Kier molecular flexibility index (Phi) is 9.14. The third-order valence-corrected chi connectivity index (χ3v) is 14.6. The van der Waals surface area contributed by atoms with Crippen molar-refractivity contribution in [3.8, 4) is 22.3 Å². The Hall–Kier alpha value is -6.00. The highest BCUT2D eigenvalue weighted by Crippen LogP contribution is 2.50. The van der Waals surface area contributed by atoms with Gasteiger partial charge in [0.1, 0.15) is 0 Å². The minimum absolute atomic E-state index is 0.213. The summed E-state index contributed by atoms with van der Waals surface area (Å²) >= 11 is 3.88. The maximum absolute atomic E-state index is 5.49. The monoisotopic (exact) mass is 779 g/mol. The molecule has 3 unspecified atom stereocenters. The van der Waals surface area contributed by atoms with Crippen molar-refractivity contribution in [2.24, 2.45) is 4.99 Å². The third kappa shape index (κ3) is 6.59. The molecule has 2 aliphatic heterocycles. The highest BCUT2D eigenvalue weighted by Gasteiger charge is 2.32. The van der Waals surface area contributed by atoms with Crippen LogP contribution in [0.3, 0.4) is 0 Å². The second-order valence-corrected chi connectivity index (χ2v) is 18.0. The first-order chi connectivity index (χ1) is 28.7. The molecule has 1 aromatic heterocycles. The Morgan fingerprint density at radius 1 is 0.534 bits per heavy atom. The summed E-state index contributed by atoms with van der Waals surface area (Å²) in [6.07, 6.45) is 12.9. The van der Waals surface area contributed by atoms with Crippen molar-refractivity contribution < 1.29 is 0 Å². The Morgan fingerprint density at radius 3 is 2.10 bits per heavy atom. The van der Waals surface area contributed by atoms with Crippen LogP contribution in [-0.2, 0) is 0 Å². The van der Waals surface area contributed by atoms with Crippen LogP contribution in [0.2, 0.25) is 0 Å². The Balaban J connectivity index is 1.05. The molecule has 3 heterocycles. The maximum atomic E-state index is 5.49. The molecule has 3 aliphatic rings. The average Bonchev–Trinajstić information content (AvgIpc) is 3.85. The van der Waals surface area contributed by atoms with E-state index < -0.39 is 0 Å². The molecular weight excluding hydrogens is 739 g/mol. The first-order valence-corrected chi connectivity index (χ1v) is 22.1. The van der Waals surface area contributed by atoms with E-state index in [0.29, 0.717) is 11.2 Å². The van der Waals surface area contributed by atoms with Crippen LogP contribution in [0.25, 0.3) is 53.7 Å². The summed E-state index contributed by atoms with van der Waals surface area (Å²) in [7, 11) is 0. The van der Waals surface area contributed by atoms with Gasteiger partial charge in [0, 0.05) is 47.9 Å². The van der Waals surface area contributed by atoms with Crippen molar-refractivity contribution in [1.29, 1.82) is 0 Å². The Morgan fingerprint density at radius 2 is 1.24 bits per heavy atom. The van der Waals surface area contributed by atoms with Crippen molar-refractivity contribution in [2.75, 3.05) is 0 Å². The Bertz CT molecular complexity index is 2950. The van der Waals surface area contributed by atoms with Crippen molar-refractivity contribution in [3.63, 3.8) is 0 Å². The van der Waals surface area contributed by atoms with E-state index >= 15 is 0 Å². The SMILES string of the molecule is C1=CC2Sc3ccccc3C2C=C1c1cc(C2/C=C(/c3ccc(-c4ccccc4)cc3)N=C(c3ccccc3)CCC2)ccc1-c1ccc2sc3ccccc3c2c1. The molecular formula is C55H41NS2. The molecule has 278 valence electrons. The van der Waals surface area contributed by atoms with Gasteiger partial charge in [-0.25, -0.2) is 0 Å². The minimum atomic E-state index is 0.213. The zero-order chi connectivity index (χ0) is 38.4. The van der Waals surface area contributed by atoms with Crippen LogP contribution < -0.4 is 0 Å². The maximum Gasteiger partial charge on any atom is 0.0671 e. The number of nitrogens with zero attached hydrogens (tertiary/aromatic N) is 1. The van der Waals surface area contributed by atoms with E-state index in [4.69, 9.17) is 4.99 Å². The molecule has 7 aromatic carbocycles. The summed E-state index contributed by atoms with van der Waals surface area (Å²) in [4.78, 5) is 6.90. The van der Waals surface area contributed by atoms with Gasteiger partial charge in [0.15, 0.2) is 0 Å². The number of thiophene rings is 1. The van der Waals surface area contributed by atoms with Gasteiger partial charge in [0.25, 0.3) is 0 Å². The van der Waals surface area contributed by atoms with E-state index in [2.05, 4.69) is 194 Å². The summed E-state index contributed by atoms with van der Waals surface area (Å²) in [6, 6.07) is 62.5. The van der Waals surface area contributed by atoms with Crippen molar-refractivity contribution >= 4 is 60.3 Å². The molecule has 3 atom stereocenters. The number of thioether (sulfide) groups is 1. The second kappa shape index (κ2) is 15.1. The molecule has 0 N–H and O–H groups in total.